The third-order valence-corrected chi connectivity index (χ3v) is 6.01. The molecule has 1 fully saturated rings. The van der Waals surface area contributed by atoms with Crippen molar-refractivity contribution in [2.24, 2.45) is 5.41 Å². The largest absolute Gasteiger partial charge is 0.398 e. The van der Waals surface area contributed by atoms with Gasteiger partial charge in [-0.25, -0.2) is 13.1 Å². The molecule has 0 aliphatic carbocycles. The van der Waals surface area contributed by atoms with Gasteiger partial charge in [0.1, 0.15) is 4.90 Å². The van der Waals surface area contributed by atoms with Crippen molar-refractivity contribution in [1.29, 1.82) is 0 Å². The average molecular weight is 311 g/mol. The average Bonchev–Trinajstić information content (AvgIpc) is 2.40. The number of benzene rings is 1. The first kappa shape index (κ1) is 16.3. The molecule has 21 heavy (non-hydrogen) atoms. The van der Waals surface area contributed by atoms with Gasteiger partial charge in [0.15, 0.2) is 0 Å². The molecule has 1 heterocycles. The highest BCUT2D eigenvalue weighted by molar-refractivity contribution is 7.89. The van der Waals surface area contributed by atoms with Crippen LogP contribution in [0.2, 0.25) is 0 Å². The van der Waals surface area contributed by atoms with Gasteiger partial charge in [-0.05, 0) is 56.9 Å². The SMILES string of the molecule is Cc1cccc(N)c1S(=O)(=O)NCC1(C)CCN(C)CC1. The van der Waals surface area contributed by atoms with Crippen LogP contribution < -0.4 is 10.5 Å². The minimum Gasteiger partial charge on any atom is -0.398 e. The number of nitrogen functional groups attached to an aromatic ring is 1. The minimum absolute atomic E-state index is 0.0109. The Morgan fingerprint density at radius 2 is 1.95 bits per heavy atom. The Morgan fingerprint density at radius 1 is 1.33 bits per heavy atom. The molecule has 0 saturated carbocycles. The lowest BCUT2D eigenvalue weighted by Gasteiger charge is -2.37. The molecule has 118 valence electrons. The summed E-state index contributed by atoms with van der Waals surface area (Å²) in [6.07, 6.45) is 1.99. The van der Waals surface area contributed by atoms with Gasteiger partial charge in [-0.3, -0.25) is 0 Å². The van der Waals surface area contributed by atoms with Crippen LogP contribution in [0.3, 0.4) is 0 Å². The molecule has 0 radical (unpaired) electrons. The van der Waals surface area contributed by atoms with Gasteiger partial charge in [-0.15, -0.1) is 0 Å². The van der Waals surface area contributed by atoms with Crippen LogP contribution in [-0.2, 0) is 10.0 Å². The maximum Gasteiger partial charge on any atom is 0.242 e. The summed E-state index contributed by atoms with van der Waals surface area (Å²) < 4.78 is 27.8. The molecule has 0 spiro atoms. The van der Waals surface area contributed by atoms with Crippen LogP contribution in [0.5, 0.6) is 0 Å². The number of nitrogens with one attached hydrogen (secondary N) is 1. The van der Waals surface area contributed by atoms with Crippen molar-refractivity contribution in [3.8, 4) is 0 Å². The number of aryl methyl sites for hydroxylation is 1. The molecule has 0 unspecified atom stereocenters. The van der Waals surface area contributed by atoms with Gasteiger partial charge < -0.3 is 10.6 Å². The molecule has 0 amide bonds. The Bertz CT molecular complexity index is 585. The molecular formula is C15H25N3O2S. The zero-order valence-electron chi connectivity index (χ0n) is 13.0. The summed E-state index contributed by atoms with van der Waals surface area (Å²) >= 11 is 0. The van der Waals surface area contributed by atoms with E-state index in [1.54, 1.807) is 25.1 Å². The Morgan fingerprint density at radius 3 is 2.52 bits per heavy atom. The van der Waals surface area contributed by atoms with Gasteiger partial charge in [-0.2, -0.15) is 0 Å². The first-order valence-electron chi connectivity index (χ1n) is 7.27. The van der Waals surface area contributed by atoms with Gasteiger partial charge in [0.2, 0.25) is 10.0 Å². The number of anilines is 1. The number of nitrogens with two attached hydrogens (primary N) is 1. The number of piperidine rings is 1. The lowest BCUT2D eigenvalue weighted by atomic mass is 9.81. The molecule has 0 bridgehead atoms. The summed E-state index contributed by atoms with van der Waals surface area (Å²) in [7, 11) is -1.47. The van der Waals surface area contributed by atoms with Crippen LogP contribution >= 0.6 is 0 Å². The minimum atomic E-state index is -3.56. The first-order chi connectivity index (χ1) is 9.73. The van der Waals surface area contributed by atoms with Crippen molar-refractivity contribution >= 4 is 15.7 Å². The van der Waals surface area contributed by atoms with E-state index in [-0.39, 0.29) is 10.3 Å². The molecule has 1 aromatic carbocycles. The van der Waals surface area contributed by atoms with E-state index >= 15 is 0 Å². The number of sulfonamides is 1. The third kappa shape index (κ3) is 3.75. The maximum absolute atomic E-state index is 12.5. The fourth-order valence-electron chi connectivity index (χ4n) is 2.72. The summed E-state index contributed by atoms with van der Waals surface area (Å²) in [5.74, 6) is 0. The van der Waals surface area contributed by atoms with Crippen molar-refractivity contribution in [3.05, 3.63) is 23.8 Å². The summed E-state index contributed by atoms with van der Waals surface area (Å²) in [5.41, 5.74) is 6.83. The van der Waals surface area contributed by atoms with E-state index in [0.717, 1.165) is 25.9 Å². The second-order valence-corrected chi connectivity index (χ2v) is 8.14. The normalized spacial score (nSPS) is 19.6. The second-order valence-electron chi connectivity index (χ2n) is 6.43. The predicted molar refractivity (Wildman–Crippen MR) is 85.6 cm³/mol. The zero-order valence-corrected chi connectivity index (χ0v) is 13.8. The van der Waals surface area contributed by atoms with Crippen molar-refractivity contribution in [1.82, 2.24) is 9.62 Å². The van der Waals surface area contributed by atoms with Gasteiger partial charge in [0.05, 0.1) is 5.69 Å². The van der Waals surface area contributed by atoms with E-state index in [0.29, 0.717) is 17.8 Å². The molecule has 3 N–H and O–H groups in total. The number of rotatable bonds is 4. The van der Waals surface area contributed by atoms with Gasteiger partial charge >= 0.3 is 0 Å². The van der Waals surface area contributed by atoms with E-state index in [9.17, 15) is 8.42 Å². The molecule has 1 aliphatic rings. The van der Waals surface area contributed by atoms with Crippen molar-refractivity contribution < 1.29 is 8.42 Å². The predicted octanol–water partition coefficient (Wildman–Crippen LogP) is 1.59. The van der Waals surface area contributed by atoms with Crippen molar-refractivity contribution in [2.75, 3.05) is 32.4 Å². The van der Waals surface area contributed by atoms with Gasteiger partial charge in [-0.1, -0.05) is 19.1 Å². The van der Waals surface area contributed by atoms with Crippen LogP contribution in [0.25, 0.3) is 0 Å². The van der Waals surface area contributed by atoms with Crippen LogP contribution in [0.4, 0.5) is 5.69 Å². The topological polar surface area (TPSA) is 75.4 Å². The molecule has 0 aromatic heterocycles. The molecule has 1 aromatic rings. The Balaban J connectivity index is 2.12. The molecular weight excluding hydrogens is 286 g/mol. The van der Waals surface area contributed by atoms with E-state index in [1.807, 2.05) is 0 Å². The fraction of sp³-hybridized carbons (Fsp3) is 0.600. The number of hydrogen-bond acceptors (Lipinski definition) is 4. The lowest BCUT2D eigenvalue weighted by Crippen LogP contribution is -2.43. The highest BCUT2D eigenvalue weighted by atomic mass is 32.2. The van der Waals surface area contributed by atoms with E-state index in [4.69, 9.17) is 5.73 Å². The monoisotopic (exact) mass is 311 g/mol. The van der Waals surface area contributed by atoms with Crippen LogP contribution in [0.1, 0.15) is 25.3 Å². The molecule has 1 saturated heterocycles. The van der Waals surface area contributed by atoms with Crippen molar-refractivity contribution in [3.63, 3.8) is 0 Å². The van der Waals surface area contributed by atoms with E-state index in [2.05, 4.69) is 23.6 Å². The summed E-state index contributed by atoms with van der Waals surface area (Å²) in [6.45, 7) is 6.37. The summed E-state index contributed by atoms with van der Waals surface area (Å²) in [4.78, 5) is 2.48. The lowest BCUT2D eigenvalue weighted by molar-refractivity contribution is 0.143. The highest BCUT2D eigenvalue weighted by Gasteiger charge is 2.31. The molecule has 1 aliphatic heterocycles. The van der Waals surface area contributed by atoms with E-state index < -0.39 is 10.0 Å². The first-order valence-corrected chi connectivity index (χ1v) is 8.75. The second kappa shape index (κ2) is 5.94. The smallest absolute Gasteiger partial charge is 0.242 e. The van der Waals surface area contributed by atoms with Crippen LogP contribution in [0.15, 0.2) is 23.1 Å². The van der Waals surface area contributed by atoms with Crippen molar-refractivity contribution in [2.45, 2.75) is 31.6 Å². The number of hydrogen-bond donors (Lipinski definition) is 2. The molecule has 5 nitrogen and oxygen atoms in total. The third-order valence-electron chi connectivity index (χ3n) is 4.39. The highest BCUT2D eigenvalue weighted by Crippen LogP contribution is 2.30. The Labute approximate surface area is 127 Å². The van der Waals surface area contributed by atoms with Crippen LogP contribution in [0, 0.1) is 12.3 Å². The number of likely N-dealkylation sites (tertiary alicyclic amines) is 1. The fourth-order valence-corrected chi connectivity index (χ4v) is 4.27. The standard InChI is InChI=1S/C15H25N3O2S/c1-12-5-4-6-13(16)14(12)21(19,20)17-11-15(2)7-9-18(3)10-8-15/h4-6,17H,7-11,16H2,1-3H3. The van der Waals surface area contributed by atoms with Gasteiger partial charge in [0, 0.05) is 6.54 Å². The zero-order chi connectivity index (χ0) is 15.7. The molecule has 6 heteroatoms. The molecule has 2 rings (SSSR count). The summed E-state index contributed by atoms with van der Waals surface area (Å²) in [6, 6.07) is 5.16. The Kier molecular flexibility index (Phi) is 4.60. The van der Waals surface area contributed by atoms with E-state index in [1.165, 1.54) is 0 Å². The Hall–Kier alpha value is -1.11. The molecule has 0 atom stereocenters. The van der Waals surface area contributed by atoms with Crippen LogP contribution in [-0.4, -0.2) is 40.0 Å². The summed E-state index contributed by atoms with van der Waals surface area (Å²) in [5, 5.41) is 0. The maximum atomic E-state index is 12.5. The van der Waals surface area contributed by atoms with Gasteiger partial charge in [0.25, 0.3) is 0 Å². The number of nitrogens with zero attached hydrogens (tertiary/aromatic N) is 1. The quantitative estimate of drug-likeness (QED) is 0.828.